The molecule has 0 aliphatic heterocycles. The Labute approximate surface area is 122 Å². The van der Waals surface area contributed by atoms with Crippen molar-refractivity contribution in [1.82, 2.24) is 0 Å². The summed E-state index contributed by atoms with van der Waals surface area (Å²) in [6, 6.07) is 22.1. The van der Waals surface area contributed by atoms with Gasteiger partial charge in [0.25, 0.3) is 0 Å². The molecule has 0 aliphatic carbocycles. The molecule has 0 aliphatic rings. The van der Waals surface area contributed by atoms with Crippen molar-refractivity contribution < 1.29 is 4.74 Å². The molecule has 0 N–H and O–H groups in total. The molecule has 20 heavy (non-hydrogen) atoms. The maximum Gasteiger partial charge on any atom is 0.127 e. The highest BCUT2D eigenvalue weighted by atomic mass is 32.1. The van der Waals surface area contributed by atoms with E-state index in [1.54, 1.807) is 11.3 Å². The molecule has 2 aromatic carbocycles. The molecule has 1 heterocycles. The van der Waals surface area contributed by atoms with Gasteiger partial charge in [0.1, 0.15) is 11.5 Å². The molecule has 1 aromatic heterocycles. The van der Waals surface area contributed by atoms with Gasteiger partial charge in [-0.15, -0.1) is 11.3 Å². The van der Waals surface area contributed by atoms with Crippen LogP contribution in [-0.2, 0) is 0 Å². The van der Waals surface area contributed by atoms with Gasteiger partial charge in [-0.3, -0.25) is 0 Å². The van der Waals surface area contributed by atoms with Gasteiger partial charge in [-0.25, -0.2) is 0 Å². The fourth-order valence-corrected chi connectivity index (χ4v) is 2.45. The van der Waals surface area contributed by atoms with Crippen molar-refractivity contribution >= 4 is 23.5 Å². The van der Waals surface area contributed by atoms with Crippen LogP contribution in [0.25, 0.3) is 12.2 Å². The minimum Gasteiger partial charge on any atom is -0.457 e. The largest absolute Gasteiger partial charge is 0.457 e. The van der Waals surface area contributed by atoms with Gasteiger partial charge in [0.2, 0.25) is 0 Å². The van der Waals surface area contributed by atoms with Gasteiger partial charge in [-0.05, 0) is 47.4 Å². The fraction of sp³-hybridized carbons (Fsp3) is 0. The van der Waals surface area contributed by atoms with Crippen molar-refractivity contribution in [3.05, 3.63) is 82.6 Å². The number of ether oxygens (including phenoxy) is 1. The number of benzene rings is 2. The number of rotatable bonds is 4. The van der Waals surface area contributed by atoms with Crippen LogP contribution >= 0.6 is 11.3 Å². The standard InChI is InChI=1S/C18H14OS/c1-2-5-16(6-3-1)19-17-11-8-15(9-12-17)10-13-18-7-4-14-20-18/h1-14H/b13-10+. The van der Waals surface area contributed by atoms with Crippen molar-refractivity contribution in [1.29, 1.82) is 0 Å². The smallest absolute Gasteiger partial charge is 0.127 e. The molecular weight excluding hydrogens is 264 g/mol. The Bertz CT molecular complexity index is 667. The summed E-state index contributed by atoms with van der Waals surface area (Å²) in [6.07, 6.45) is 4.23. The summed E-state index contributed by atoms with van der Waals surface area (Å²) in [5.74, 6) is 1.71. The molecule has 0 bridgehead atoms. The van der Waals surface area contributed by atoms with Gasteiger partial charge < -0.3 is 4.74 Å². The van der Waals surface area contributed by atoms with Gasteiger partial charge in [0.15, 0.2) is 0 Å². The van der Waals surface area contributed by atoms with Gasteiger partial charge in [0.05, 0.1) is 0 Å². The zero-order valence-corrected chi connectivity index (χ0v) is 11.7. The summed E-state index contributed by atoms with van der Waals surface area (Å²) in [6.45, 7) is 0. The number of hydrogen-bond acceptors (Lipinski definition) is 2. The second-order valence-corrected chi connectivity index (χ2v) is 5.31. The van der Waals surface area contributed by atoms with E-state index in [1.165, 1.54) is 10.4 Å². The fourth-order valence-electron chi connectivity index (χ4n) is 1.84. The molecule has 0 unspecified atom stereocenters. The van der Waals surface area contributed by atoms with Gasteiger partial charge in [-0.1, -0.05) is 42.5 Å². The van der Waals surface area contributed by atoms with E-state index in [9.17, 15) is 0 Å². The first-order valence-electron chi connectivity index (χ1n) is 6.45. The lowest BCUT2D eigenvalue weighted by molar-refractivity contribution is 0.482. The number of thiophene rings is 1. The highest BCUT2D eigenvalue weighted by Crippen LogP contribution is 2.22. The van der Waals surface area contributed by atoms with Crippen molar-refractivity contribution in [3.8, 4) is 11.5 Å². The number of hydrogen-bond donors (Lipinski definition) is 0. The zero-order valence-electron chi connectivity index (χ0n) is 10.9. The van der Waals surface area contributed by atoms with Crippen molar-refractivity contribution in [2.45, 2.75) is 0 Å². The Hall–Kier alpha value is -2.32. The molecule has 3 aromatic rings. The Kier molecular flexibility index (Phi) is 3.95. The SMILES string of the molecule is C(=C\c1cccs1)/c1ccc(Oc2ccccc2)cc1. The minimum absolute atomic E-state index is 0.851. The maximum atomic E-state index is 5.76. The molecule has 0 radical (unpaired) electrons. The predicted octanol–water partition coefficient (Wildman–Crippen LogP) is 5.71. The van der Waals surface area contributed by atoms with Crippen LogP contribution in [0.2, 0.25) is 0 Å². The first kappa shape index (κ1) is 12.7. The minimum atomic E-state index is 0.851. The third kappa shape index (κ3) is 3.37. The molecule has 3 rings (SSSR count). The molecule has 0 spiro atoms. The summed E-state index contributed by atoms with van der Waals surface area (Å²) in [5, 5.41) is 2.08. The Morgan fingerprint density at radius 1 is 0.700 bits per heavy atom. The maximum absolute atomic E-state index is 5.76. The van der Waals surface area contributed by atoms with Crippen molar-refractivity contribution in [2.75, 3.05) is 0 Å². The summed E-state index contributed by atoms with van der Waals surface area (Å²) in [7, 11) is 0. The van der Waals surface area contributed by atoms with Crippen LogP contribution in [0, 0.1) is 0 Å². The first-order valence-corrected chi connectivity index (χ1v) is 7.33. The summed E-state index contributed by atoms with van der Waals surface area (Å²) in [5.41, 5.74) is 1.17. The molecular formula is C18H14OS. The second kappa shape index (κ2) is 6.22. The van der Waals surface area contributed by atoms with Crippen LogP contribution in [0.3, 0.4) is 0 Å². The molecule has 0 amide bonds. The highest BCUT2D eigenvalue weighted by Gasteiger charge is 1.96. The van der Waals surface area contributed by atoms with Gasteiger partial charge in [-0.2, -0.15) is 0 Å². The van der Waals surface area contributed by atoms with Crippen LogP contribution < -0.4 is 4.74 Å². The van der Waals surface area contributed by atoms with E-state index in [4.69, 9.17) is 4.74 Å². The molecule has 0 atom stereocenters. The molecule has 0 fully saturated rings. The van der Waals surface area contributed by atoms with Crippen LogP contribution in [-0.4, -0.2) is 0 Å². The summed E-state index contributed by atoms with van der Waals surface area (Å²) in [4.78, 5) is 1.26. The summed E-state index contributed by atoms with van der Waals surface area (Å²) < 4.78 is 5.76. The molecule has 1 nitrogen and oxygen atoms in total. The summed E-state index contributed by atoms with van der Waals surface area (Å²) >= 11 is 1.74. The lowest BCUT2D eigenvalue weighted by atomic mass is 10.2. The predicted molar refractivity (Wildman–Crippen MR) is 86.2 cm³/mol. The van der Waals surface area contributed by atoms with E-state index in [-0.39, 0.29) is 0 Å². The first-order chi connectivity index (χ1) is 9.90. The Balaban J connectivity index is 1.68. The van der Waals surface area contributed by atoms with Crippen LogP contribution in [0.5, 0.6) is 11.5 Å². The molecule has 0 saturated carbocycles. The highest BCUT2D eigenvalue weighted by molar-refractivity contribution is 7.10. The van der Waals surface area contributed by atoms with Gasteiger partial charge in [0, 0.05) is 4.88 Å². The van der Waals surface area contributed by atoms with Crippen LogP contribution in [0.1, 0.15) is 10.4 Å². The van der Waals surface area contributed by atoms with Crippen LogP contribution in [0.4, 0.5) is 0 Å². The topological polar surface area (TPSA) is 9.23 Å². The average molecular weight is 278 g/mol. The quantitative estimate of drug-likeness (QED) is 0.594. The van der Waals surface area contributed by atoms with Gasteiger partial charge >= 0.3 is 0 Å². The lowest BCUT2D eigenvalue weighted by Crippen LogP contribution is -1.83. The van der Waals surface area contributed by atoms with E-state index in [2.05, 4.69) is 41.8 Å². The number of para-hydroxylation sites is 1. The van der Waals surface area contributed by atoms with Crippen molar-refractivity contribution in [2.24, 2.45) is 0 Å². The van der Waals surface area contributed by atoms with E-state index in [0.717, 1.165) is 11.5 Å². The Morgan fingerprint density at radius 3 is 2.15 bits per heavy atom. The Morgan fingerprint density at radius 2 is 1.45 bits per heavy atom. The van der Waals surface area contributed by atoms with E-state index in [0.29, 0.717) is 0 Å². The molecule has 2 heteroatoms. The van der Waals surface area contributed by atoms with E-state index >= 15 is 0 Å². The van der Waals surface area contributed by atoms with Crippen LogP contribution in [0.15, 0.2) is 72.1 Å². The van der Waals surface area contributed by atoms with E-state index in [1.807, 2.05) is 42.5 Å². The average Bonchev–Trinajstić information content (AvgIpc) is 3.01. The second-order valence-electron chi connectivity index (χ2n) is 4.33. The monoisotopic (exact) mass is 278 g/mol. The van der Waals surface area contributed by atoms with Crippen molar-refractivity contribution in [3.63, 3.8) is 0 Å². The third-order valence-electron chi connectivity index (χ3n) is 2.84. The molecule has 98 valence electrons. The molecule has 0 saturated heterocycles. The third-order valence-corrected chi connectivity index (χ3v) is 3.68. The normalized spacial score (nSPS) is 10.8. The van der Waals surface area contributed by atoms with E-state index < -0.39 is 0 Å². The zero-order chi connectivity index (χ0) is 13.6. The lowest BCUT2D eigenvalue weighted by Gasteiger charge is -2.05.